The first-order valence-corrected chi connectivity index (χ1v) is 9.51. The number of amides is 1. The average Bonchev–Trinajstić information content (AvgIpc) is 2.57. The van der Waals surface area contributed by atoms with Gasteiger partial charge in [-0.25, -0.2) is 4.79 Å². The van der Waals surface area contributed by atoms with Crippen molar-refractivity contribution in [2.24, 2.45) is 0 Å². The van der Waals surface area contributed by atoms with Crippen LogP contribution >= 0.6 is 0 Å². The number of aliphatic carboxylic acids is 1. The maximum absolute atomic E-state index is 12.8. The lowest BCUT2D eigenvalue weighted by Gasteiger charge is -2.58. The van der Waals surface area contributed by atoms with Crippen LogP contribution in [0.2, 0.25) is 0 Å². The molecule has 1 aromatic rings. The van der Waals surface area contributed by atoms with Crippen LogP contribution in [0.3, 0.4) is 0 Å². The predicted octanol–water partition coefficient (Wildman–Crippen LogP) is 0.694. The van der Waals surface area contributed by atoms with Crippen LogP contribution < -0.4 is 5.56 Å². The van der Waals surface area contributed by atoms with Crippen LogP contribution in [0.25, 0.3) is 0 Å². The van der Waals surface area contributed by atoms with Gasteiger partial charge >= 0.3 is 12.1 Å². The van der Waals surface area contributed by atoms with Gasteiger partial charge in [-0.1, -0.05) is 0 Å². The minimum atomic E-state index is -5.08. The Hall–Kier alpha value is -2.44. The number of carboxylic acids is 1. The number of β-amino-alcohol motifs (C(OH)–C–C–N with tert-alkyl or cyclic N) is 1. The first kappa shape index (κ1) is 24.8. The number of rotatable bonds is 3. The summed E-state index contributed by atoms with van der Waals surface area (Å²) in [5.41, 5.74) is -0.735. The number of likely N-dealkylation sites (tertiary alicyclic amines) is 1. The predicted molar refractivity (Wildman–Crippen MR) is 103 cm³/mol. The molecule has 31 heavy (non-hydrogen) atoms. The molecule has 1 amide bonds. The molecule has 1 spiro atoms. The molecule has 3 rings (SSSR count). The highest BCUT2D eigenvalue weighted by Crippen LogP contribution is 2.36. The van der Waals surface area contributed by atoms with E-state index >= 15 is 0 Å². The van der Waals surface area contributed by atoms with Crippen LogP contribution in [0.4, 0.5) is 13.2 Å². The number of aromatic nitrogens is 1. The van der Waals surface area contributed by atoms with E-state index in [9.17, 15) is 27.9 Å². The summed E-state index contributed by atoms with van der Waals surface area (Å²) < 4.78 is 38.0. The number of hydrogen-bond acceptors (Lipinski definition) is 6. The van der Waals surface area contributed by atoms with E-state index in [-0.39, 0.29) is 17.6 Å². The maximum atomic E-state index is 12.8. The van der Waals surface area contributed by atoms with Crippen LogP contribution in [0, 0.1) is 0 Å². The zero-order chi connectivity index (χ0) is 23.6. The molecule has 0 radical (unpaired) electrons. The number of aliphatic hydroxyl groups is 1. The molecule has 1 aromatic heterocycles. The van der Waals surface area contributed by atoms with Gasteiger partial charge in [0.25, 0.3) is 5.91 Å². The summed E-state index contributed by atoms with van der Waals surface area (Å²) in [6, 6.07) is 2.96. The number of morpholine rings is 1. The first-order chi connectivity index (χ1) is 14.1. The van der Waals surface area contributed by atoms with E-state index in [1.165, 1.54) is 12.3 Å². The summed E-state index contributed by atoms with van der Waals surface area (Å²) in [7, 11) is 0. The van der Waals surface area contributed by atoms with Gasteiger partial charge in [0, 0.05) is 44.0 Å². The molecule has 0 aromatic carbocycles. The van der Waals surface area contributed by atoms with E-state index in [2.05, 4.69) is 9.88 Å². The molecule has 2 aliphatic rings. The number of alkyl halides is 3. The first-order valence-electron chi connectivity index (χ1n) is 9.51. The number of carbonyl (C=O) groups excluding carboxylic acids is 1. The highest BCUT2D eigenvalue weighted by molar-refractivity contribution is 5.94. The van der Waals surface area contributed by atoms with Crippen LogP contribution in [-0.4, -0.2) is 93.1 Å². The molecule has 0 saturated carbocycles. The molecule has 2 fully saturated rings. The number of H-pyrrole nitrogens is 1. The van der Waals surface area contributed by atoms with E-state index in [0.717, 1.165) is 0 Å². The molecule has 3 heterocycles. The lowest BCUT2D eigenvalue weighted by Crippen LogP contribution is -2.74. The number of aromatic amines is 1. The summed E-state index contributed by atoms with van der Waals surface area (Å²) in [5.74, 6) is -2.90. The minimum absolute atomic E-state index is 0.147. The van der Waals surface area contributed by atoms with Crippen molar-refractivity contribution >= 4 is 11.9 Å². The van der Waals surface area contributed by atoms with Crippen molar-refractivity contribution in [3.63, 3.8) is 0 Å². The quantitative estimate of drug-likeness (QED) is 0.621. The fraction of sp³-hybridized carbons (Fsp3) is 0.632. The number of ether oxygens (including phenoxy) is 1. The highest BCUT2D eigenvalue weighted by Gasteiger charge is 2.52. The van der Waals surface area contributed by atoms with Gasteiger partial charge in [-0.3, -0.25) is 14.5 Å². The monoisotopic (exact) mass is 449 g/mol. The van der Waals surface area contributed by atoms with Gasteiger partial charge in [-0.15, -0.1) is 0 Å². The summed E-state index contributed by atoms with van der Waals surface area (Å²) in [6.07, 6.45) is -3.97. The third-order valence-corrected chi connectivity index (χ3v) is 4.64. The summed E-state index contributed by atoms with van der Waals surface area (Å²) in [4.78, 5) is 39.6. The molecule has 1 atom stereocenters. The fourth-order valence-corrected chi connectivity index (χ4v) is 3.85. The molecule has 9 nitrogen and oxygen atoms in total. The molecular formula is C19H26F3N3O6. The van der Waals surface area contributed by atoms with Crippen molar-refractivity contribution in [2.45, 2.75) is 44.3 Å². The van der Waals surface area contributed by atoms with Crippen molar-refractivity contribution in [1.29, 1.82) is 0 Å². The molecule has 2 saturated heterocycles. The van der Waals surface area contributed by atoms with E-state index < -0.39 is 23.3 Å². The largest absolute Gasteiger partial charge is 0.490 e. The van der Waals surface area contributed by atoms with Crippen molar-refractivity contribution in [1.82, 2.24) is 14.8 Å². The van der Waals surface area contributed by atoms with E-state index in [0.29, 0.717) is 38.3 Å². The Kier molecular flexibility index (Phi) is 7.18. The number of hydrogen-bond donors (Lipinski definition) is 3. The van der Waals surface area contributed by atoms with Gasteiger partial charge in [0.15, 0.2) is 0 Å². The number of pyridine rings is 1. The second kappa shape index (κ2) is 8.97. The molecule has 0 bridgehead atoms. The van der Waals surface area contributed by atoms with Gasteiger partial charge in [-0.05, 0) is 26.8 Å². The zero-order valence-corrected chi connectivity index (χ0v) is 17.4. The van der Waals surface area contributed by atoms with E-state index in [1.54, 1.807) is 17.9 Å². The normalized spacial score (nSPS) is 20.9. The molecule has 174 valence electrons. The van der Waals surface area contributed by atoms with Gasteiger partial charge in [0.1, 0.15) is 5.60 Å². The topological polar surface area (TPSA) is 123 Å². The van der Waals surface area contributed by atoms with Gasteiger partial charge < -0.3 is 24.8 Å². The van der Waals surface area contributed by atoms with Crippen LogP contribution in [0.15, 0.2) is 23.1 Å². The smallest absolute Gasteiger partial charge is 0.475 e. The SMILES string of the molecule is CC(O)CN1CC2(C1)CN(C(=O)c1cc[nH]c(=O)c1)CC(C)(C)O2.O=C(O)C(F)(F)F. The van der Waals surface area contributed by atoms with Crippen molar-refractivity contribution in [3.05, 3.63) is 34.2 Å². The van der Waals surface area contributed by atoms with E-state index in [1.807, 2.05) is 13.8 Å². The summed E-state index contributed by atoms with van der Waals surface area (Å²) in [6.45, 7) is 8.69. The molecule has 1 unspecified atom stereocenters. The van der Waals surface area contributed by atoms with Gasteiger partial charge in [0.05, 0.1) is 18.2 Å². The number of nitrogens with one attached hydrogen (secondary N) is 1. The molecule has 0 aliphatic carbocycles. The fourth-order valence-electron chi connectivity index (χ4n) is 3.85. The standard InChI is InChI=1S/C17H25N3O4.C2HF3O2/c1-12(21)7-19-9-17(10-19)11-20(8-16(2,3)24-17)15(23)13-4-5-18-14(22)6-13;3-2(4,5)1(6)7/h4-6,12,21H,7-11H2,1-3H3,(H,18,22);(H,6,7). The number of carbonyl (C=O) groups is 2. The summed E-state index contributed by atoms with van der Waals surface area (Å²) in [5, 5.41) is 16.6. The Morgan fingerprint density at radius 1 is 1.26 bits per heavy atom. The Morgan fingerprint density at radius 2 is 1.84 bits per heavy atom. The van der Waals surface area contributed by atoms with Crippen molar-refractivity contribution in [2.75, 3.05) is 32.7 Å². The van der Waals surface area contributed by atoms with Crippen molar-refractivity contribution in [3.8, 4) is 0 Å². The number of carboxylic acid groups (broad SMARTS) is 1. The average molecular weight is 449 g/mol. The van der Waals surface area contributed by atoms with Gasteiger partial charge in [-0.2, -0.15) is 13.2 Å². The Balaban J connectivity index is 0.000000423. The van der Waals surface area contributed by atoms with Crippen LogP contribution in [-0.2, 0) is 9.53 Å². The Bertz CT molecular complexity index is 862. The maximum Gasteiger partial charge on any atom is 0.490 e. The Morgan fingerprint density at radius 3 is 2.32 bits per heavy atom. The second-order valence-corrected chi connectivity index (χ2v) is 8.47. The molecule has 12 heteroatoms. The molecular weight excluding hydrogens is 423 g/mol. The second-order valence-electron chi connectivity index (χ2n) is 8.47. The van der Waals surface area contributed by atoms with Gasteiger partial charge in [0.2, 0.25) is 5.56 Å². The Labute approximate surface area is 176 Å². The lowest BCUT2D eigenvalue weighted by molar-refractivity contribution is -0.242. The van der Waals surface area contributed by atoms with Crippen molar-refractivity contribution < 1.29 is 37.7 Å². The van der Waals surface area contributed by atoms with Crippen LogP contribution in [0.5, 0.6) is 0 Å². The third kappa shape index (κ3) is 6.77. The highest BCUT2D eigenvalue weighted by atomic mass is 19.4. The van der Waals surface area contributed by atoms with E-state index in [4.69, 9.17) is 14.6 Å². The third-order valence-electron chi connectivity index (χ3n) is 4.64. The molecule has 2 aliphatic heterocycles. The lowest BCUT2D eigenvalue weighted by atomic mass is 9.88. The number of aliphatic hydroxyl groups excluding tert-OH is 1. The minimum Gasteiger partial charge on any atom is -0.475 e. The number of halogens is 3. The van der Waals surface area contributed by atoms with Crippen LogP contribution in [0.1, 0.15) is 31.1 Å². The summed E-state index contributed by atoms with van der Waals surface area (Å²) >= 11 is 0. The number of nitrogens with zero attached hydrogens (tertiary/aromatic N) is 2. The molecule has 3 N–H and O–H groups in total. The zero-order valence-electron chi connectivity index (χ0n) is 17.4.